The molecule has 4 rings (SSSR count). The number of carbonyl (C=O) groups is 4. The van der Waals surface area contributed by atoms with Crippen molar-refractivity contribution in [2.75, 3.05) is 13.2 Å². The Balaban J connectivity index is 1.54. The van der Waals surface area contributed by atoms with Gasteiger partial charge in [0.25, 0.3) is 0 Å². The number of hydrogen-bond donors (Lipinski definition) is 1. The average molecular weight is 501 g/mol. The minimum atomic E-state index is -0.795. The highest BCUT2D eigenvalue weighted by Gasteiger charge is 2.61. The molecule has 0 aliphatic heterocycles. The van der Waals surface area contributed by atoms with Gasteiger partial charge in [-0.1, -0.05) is 26.8 Å². The molecule has 4 aliphatic rings. The first-order valence-corrected chi connectivity index (χ1v) is 13.5. The van der Waals surface area contributed by atoms with E-state index in [2.05, 4.69) is 19.9 Å². The molecule has 0 radical (unpaired) electrons. The van der Waals surface area contributed by atoms with Gasteiger partial charge in [0.15, 0.2) is 11.6 Å². The second-order valence-corrected chi connectivity index (χ2v) is 11.8. The molecule has 1 N–H and O–H groups in total. The van der Waals surface area contributed by atoms with Crippen LogP contribution < -0.4 is 0 Å². The fourth-order valence-electron chi connectivity index (χ4n) is 7.95. The normalized spacial score (nSPS) is 37.8. The van der Waals surface area contributed by atoms with Gasteiger partial charge in [-0.25, -0.2) is 0 Å². The SMILES string of the molecule is CCC(=O)OC[C@H]1C[C@H]2[C@@H]3CC[C@H](C(=O)COC(=O)CC(C)O)[C@@]3(C)CC[C@@H]2[C@@]2(C)C=CC(=O)C=C12. The van der Waals surface area contributed by atoms with Gasteiger partial charge in [-0.15, -0.1) is 0 Å². The van der Waals surface area contributed by atoms with Crippen LogP contribution in [0.4, 0.5) is 0 Å². The molecule has 0 aromatic carbocycles. The number of ketones is 2. The summed E-state index contributed by atoms with van der Waals surface area (Å²) in [4.78, 5) is 49.4. The van der Waals surface area contributed by atoms with Gasteiger partial charge in [-0.05, 0) is 79.9 Å². The Bertz CT molecular complexity index is 978. The molecule has 4 aliphatic carbocycles. The lowest BCUT2D eigenvalue weighted by atomic mass is 9.46. The van der Waals surface area contributed by atoms with E-state index < -0.39 is 12.1 Å². The van der Waals surface area contributed by atoms with E-state index in [1.54, 1.807) is 19.1 Å². The summed E-state index contributed by atoms with van der Waals surface area (Å²) in [6.07, 6.45) is 9.34. The summed E-state index contributed by atoms with van der Waals surface area (Å²) < 4.78 is 10.8. The first-order valence-electron chi connectivity index (χ1n) is 13.5. The Morgan fingerprint density at radius 3 is 2.56 bits per heavy atom. The van der Waals surface area contributed by atoms with Crippen molar-refractivity contribution in [3.05, 3.63) is 23.8 Å². The summed E-state index contributed by atoms with van der Waals surface area (Å²) in [5.41, 5.74) is 0.644. The Hall–Kier alpha value is -2.28. The molecular formula is C29H40O7. The molecule has 0 bridgehead atoms. The van der Waals surface area contributed by atoms with Crippen LogP contribution in [0.15, 0.2) is 23.8 Å². The first-order chi connectivity index (χ1) is 17.0. The first kappa shape index (κ1) is 26.8. The zero-order valence-electron chi connectivity index (χ0n) is 22.0. The van der Waals surface area contributed by atoms with E-state index in [4.69, 9.17) is 9.47 Å². The third-order valence-electron chi connectivity index (χ3n) is 9.68. The molecule has 0 spiro atoms. The van der Waals surface area contributed by atoms with Crippen LogP contribution in [0.25, 0.3) is 0 Å². The van der Waals surface area contributed by atoms with Crippen LogP contribution in [0.1, 0.15) is 72.6 Å². The monoisotopic (exact) mass is 500 g/mol. The maximum Gasteiger partial charge on any atom is 0.308 e. The number of hydrogen-bond acceptors (Lipinski definition) is 7. The lowest BCUT2D eigenvalue weighted by Crippen LogP contribution is -2.53. The summed E-state index contributed by atoms with van der Waals surface area (Å²) in [7, 11) is 0. The van der Waals surface area contributed by atoms with Gasteiger partial charge in [0.2, 0.25) is 0 Å². The fourth-order valence-corrected chi connectivity index (χ4v) is 7.95. The van der Waals surface area contributed by atoms with Crippen LogP contribution in [-0.2, 0) is 28.7 Å². The number of Topliss-reactive ketones (excluding diaryl/α,β-unsaturated/α-hetero) is 1. The lowest BCUT2D eigenvalue weighted by molar-refractivity contribution is -0.152. The van der Waals surface area contributed by atoms with Crippen molar-refractivity contribution in [2.45, 2.75) is 78.7 Å². The molecule has 8 atom stereocenters. The van der Waals surface area contributed by atoms with Crippen LogP contribution in [0.2, 0.25) is 0 Å². The van der Waals surface area contributed by atoms with E-state index in [9.17, 15) is 24.3 Å². The van der Waals surface area contributed by atoms with E-state index in [1.165, 1.54) is 6.92 Å². The molecule has 7 nitrogen and oxygen atoms in total. The van der Waals surface area contributed by atoms with Gasteiger partial charge < -0.3 is 14.6 Å². The number of allylic oxidation sites excluding steroid dienone is 3. The van der Waals surface area contributed by atoms with E-state index in [0.29, 0.717) is 24.2 Å². The Labute approximate surface area is 213 Å². The van der Waals surface area contributed by atoms with Gasteiger partial charge in [0.1, 0.15) is 6.61 Å². The van der Waals surface area contributed by atoms with Gasteiger partial charge in [0.05, 0.1) is 19.1 Å². The van der Waals surface area contributed by atoms with Crippen molar-refractivity contribution < 1.29 is 33.8 Å². The predicted octanol–water partition coefficient (Wildman–Crippen LogP) is 3.97. The van der Waals surface area contributed by atoms with Crippen molar-refractivity contribution >= 4 is 23.5 Å². The molecule has 7 heteroatoms. The van der Waals surface area contributed by atoms with Crippen molar-refractivity contribution in [1.82, 2.24) is 0 Å². The van der Waals surface area contributed by atoms with Crippen LogP contribution >= 0.6 is 0 Å². The molecule has 0 amide bonds. The molecule has 0 aromatic rings. The third kappa shape index (κ3) is 4.83. The largest absolute Gasteiger partial charge is 0.465 e. The maximum atomic E-state index is 13.2. The van der Waals surface area contributed by atoms with Crippen molar-refractivity contribution in [2.24, 2.45) is 40.4 Å². The Kier molecular flexibility index (Phi) is 7.61. The minimum Gasteiger partial charge on any atom is -0.465 e. The molecule has 1 unspecified atom stereocenters. The molecule has 3 saturated carbocycles. The molecule has 0 heterocycles. The second kappa shape index (κ2) is 10.2. The van der Waals surface area contributed by atoms with E-state index in [1.807, 2.05) is 0 Å². The number of rotatable bonds is 8. The molecule has 3 fully saturated rings. The quantitative estimate of drug-likeness (QED) is 0.503. The Morgan fingerprint density at radius 1 is 1.11 bits per heavy atom. The fraction of sp³-hybridized carbons (Fsp3) is 0.724. The number of ether oxygens (including phenoxy) is 2. The van der Waals surface area contributed by atoms with Crippen LogP contribution in [0.5, 0.6) is 0 Å². The van der Waals surface area contributed by atoms with E-state index >= 15 is 0 Å². The summed E-state index contributed by atoms with van der Waals surface area (Å²) in [6, 6.07) is 0. The van der Waals surface area contributed by atoms with Gasteiger partial charge >= 0.3 is 11.9 Å². The zero-order valence-corrected chi connectivity index (χ0v) is 22.0. The highest BCUT2D eigenvalue weighted by molar-refractivity contribution is 6.01. The summed E-state index contributed by atoms with van der Waals surface area (Å²) in [5.74, 6) is 0.0543. The highest BCUT2D eigenvalue weighted by atomic mass is 16.5. The topological polar surface area (TPSA) is 107 Å². The van der Waals surface area contributed by atoms with Crippen molar-refractivity contribution in [3.8, 4) is 0 Å². The number of fused-ring (bicyclic) bond motifs is 5. The molecule has 198 valence electrons. The third-order valence-corrected chi connectivity index (χ3v) is 9.68. The number of carbonyl (C=O) groups excluding carboxylic acids is 4. The summed E-state index contributed by atoms with van der Waals surface area (Å²) >= 11 is 0. The minimum absolute atomic E-state index is 0.00921. The average Bonchev–Trinajstić information content (AvgIpc) is 3.18. The molecule has 0 saturated heterocycles. The number of esters is 2. The maximum absolute atomic E-state index is 13.2. The zero-order chi connectivity index (χ0) is 26.3. The van der Waals surface area contributed by atoms with E-state index in [0.717, 1.165) is 37.7 Å². The second-order valence-electron chi connectivity index (χ2n) is 11.8. The van der Waals surface area contributed by atoms with E-state index in [-0.39, 0.29) is 59.8 Å². The highest BCUT2D eigenvalue weighted by Crippen LogP contribution is 2.67. The molecule has 36 heavy (non-hydrogen) atoms. The van der Waals surface area contributed by atoms with Gasteiger partial charge in [-0.3, -0.25) is 19.2 Å². The van der Waals surface area contributed by atoms with Crippen LogP contribution in [0, 0.1) is 40.4 Å². The smallest absolute Gasteiger partial charge is 0.308 e. The van der Waals surface area contributed by atoms with Crippen molar-refractivity contribution in [3.63, 3.8) is 0 Å². The Morgan fingerprint density at radius 2 is 1.86 bits per heavy atom. The molecule has 0 aromatic heterocycles. The summed E-state index contributed by atoms with van der Waals surface area (Å²) in [6.45, 7) is 7.78. The summed E-state index contributed by atoms with van der Waals surface area (Å²) in [5, 5.41) is 9.39. The van der Waals surface area contributed by atoms with Crippen LogP contribution in [-0.4, -0.2) is 47.9 Å². The lowest BCUT2D eigenvalue weighted by Gasteiger charge is -2.58. The molecular weight excluding hydrogens is 460 g/mol. The van der Waals surface area contributed by atoms with Crippen molar-refractivity contribution in [1.29, 1.82) is 0 Å². The predicted molar refractivity (Wildman–Crippen MR) is 132 cm³/mol. The van der Waals surface area contributed by atoms with Gasteiger partial charge in [-0.2, -0.15) is 0 Å². The number of aliphatic hydroxyl groups is 1. The standard InChI is InChI=1S/C29H40O7/c1-5-26(33)35-15-18-13-20-21-6-7-23(25(32)16-36-27(34)12-17(2)30)28(21,3)11-9-22(20)29(4)10-8-19(31)14-24(18)29/h8,10,14,17-18,20-23,30H,5-7,9,11-13,15-16H2,1-4H3/t17?,18-,20+,21+,22+,23-,28+,29-/m1/s1. The van der Waals surface area contributed by atoms with Gasteiger partial charge in [0, 0.05) is 23.7 Å². The number of aliphatic hydroxyl groups excluding tert-OH is 1. The van der Waals surface area contributed by atoms with Crippen LogP contribution in [0.3, 0.4) is 0 Å².